The summed E-state index contributed by atoms with van der Waals surface area (Å²) in [6, 6.07) is 28.3. The van der Waals surface area contributed by atoms with Crippen molar-refractivity contribution in [2.24, 2.45) is 10.2 Å². The number of azo groups is 1. The summed E-state index contributed by atoms with van der Waals surface area (Å²) in [6.07, 6.45) is 14.1. The molecule has 4 aromatic rings. The van der Waals surface area contributed by atoms with Gasteiger partial charge in [-0.15, -0.1) is 0 Å². The van der Waals surface area contributed by atoms with Crippen LogP contribution in [-0.2, 0) is 11.2 Å². The Balaban J connectivity index is 0.000000571. The van der Waals surface area contributed by atoms with Gasteiger partial charge in [0, 0.05) is 6.20 Å². The second-order valence-electron chi connectivity index (χ2n) is 11.2. The van der Waals surface area contributed by atoms with Gasteiger partial charge in [-0.2, -0.15) is 10.2 Å². The van der Waals surface area contributed by atoms with Gasteiger partial charge in [0.15, 0.2) is 5.78 Å². The Hall–Kier alpha value is -5.16. The van der Waals surface area contributed by atoms with Crippen LogP contribution in [0.15, 0.2) is 131 Å². The molecular weight excluding hydrogens is 547 g/mol. The molecule has 0 saturated heterocycles. The average Bonchev–Trinajstić information content (AvgIpc) is 3.66. The lowest BCUT2D eigenvalue weighted by atomic mass is 9.75. The Labute approximate surface area is 255 Å². The quantitative estimate of drug-likeness (QED) is 0.247. The molecule has 0 saturated carbocycles. The summed E-state index contributed by atoms with van der Waals surface area (Å²) in [6.45, 7) is 0.778. The van der Waals surface area contributed by atoms with Gasteiger partial charge in [0.1, 0.15) is 17.3 Å². The number of hydrogen-bond acceptors (Lipinski definition) is 4. The summed E-state index contributed by atoms with van der Waals surface area (Å²) in [5.74, 6) is 0.626. The maximum Gasteiger partial charge on any atom is 0.168 e. The number of ether oxygens (including phenoxy) is 1. The van der Waals surface area contributed by atoms with E-state index in [4.69, 9.17) is 4.74 Å². The zero-order valence-corrected chi connectivity index (χ0v) is 24.2. The minimum absolute atomic E-state index is 0.0193. The molecule has 4 aliphatic rings. The molecule has 44 heavy (non-hydrogen) atoms. The van der Waals surface area contributed by atoms with E-state index in [2.05, 4.69) is 34.5 Å². The molecule has 5 heteroatoms. The maximum atomic E-state index is 13.9. The second kappa shape index (κ2) is 12.2. The van der Waals surface area contributed by atoms with Gasteiger partial charge in [-0.1, -0.05) is 72.3 Å². The molecule has 0 aromatic heterocycles. The van der Waals surface area contributed by atoms with Crippen molar-refractivity contribution in [2.45, 2.75) is 31.6 Å². The SMILES string of the molecule is C1=CN=NC1.O=C1C=c2c3c(ccc2=C(c2cccc(Oc4ccccc4)c2)C1c1ccc(F)cc1)C1=C(CCC=C1)CC3. The molecule has 0 radical (unpaired) electrons. The Bertz CT molecular complexity index is 1980. The van der Waals surface area contributed by atoms with Gasteiger partial charge in [0.25, 0.3) is 0 Å². The molecule has 4 nitrogen and oxygen atoms in total. The standard InChI is InChI=1S/C36H27FO2.C3H4N2/c37-26-16-13-24(14-17-26)36-34(38)22-33-31-18-15-23-7-4-5-12-29(23)30(31)19-20-32(33)35(36)25-8-6-11-28(21-25)39-27-9-2-1-3-10-27;1-2-4-5-3-1/h1-3,5-6,8-14,16-17,19-22,36H,4,7,15,18H2;1-2H,3H2. The fourth-order valence-corrected chi connectivity index (χ4v) is 6.53. The first-order chi connectivity index (χ1) is 21.7. The van der Waals surface area contributed by atoms with E-state index < -0.39 is 5.92 Å². The summed E-state index contributed by atoms with van der Waals surface area (Å²) in [4.78, 5) is 13.9. The lowest BCUT2D eigenvalue weighted by Crippen LogP contribution is -2.40. The van der Waals surface area contributed by atoms with Crippen LogP contribution in [0.2, 0.25) is 0 Å². The van der Waals surface area contributed by atoms with E-state index in [0.717, 1.165) is 65.1 Å². The van der Waals surface area contributed by atoms with Crippen LogP contribution in [0.5, 0.6) is 11.5 Å². The molecule has 0 amide bonds. The van der Waals surface area contributed by atoms with Crippen molar-refractivity contribution in [3.63, 3.8) is 0 Å². The van der Waals surface area contributed by atoms with E-state index in [-0.39, 0.29) is 11.6 Å². The van der Waals surface area contributed by atoms with Crippen LogP contribution in [-0.4, -0.2) is 12.3 Å². The molecule has 0 fully saturated rings. The third kappa shape index (κ3) is 5.49. The summed E-state index contributed by atoms with van der Waals surface area (Å²) in [7, 11) is 0. The van der Waals surface area contributed by atoms with Gasteiger partial charge < -0.3 is 4.74 Å². The number of carbonyl (C=O) groups excluding carboxylic acids is 1. The lowest BCUT2D eigenvalue weighted by Gasteiger charge is -2.28. The summed E-state index contributed by atoms with van der Waals surface area (Å²) < 4.78 is 20.0. The highest BCUT2D eigenvalue weighted by atomic mass is 19.1. The number of nitrogens with zero attached hydrogens (tertiary/aromatic N) is 2. The highest BCUT2D eigenvalue weighted by molar-refractivity contribution is 6.17. The molecule has 1 atom stereocenters. The molecule has 0 bridgehead atoms. The van der Waals surface area contributed by atoms with Crippen molar-refractivity contribution in [2.75, 3.05) is 6.54 Å². The number of hydrogen-bond donors (Lipinski definition) is 0. The average molecular weight is 579 g/mol. The van der Waals surface area contributed by atoms with Crippen molar-refractivity contribution < 1.29 is 13.9 Å². The summed E-state index contributed by atoms with van der Waals surface area (Å²) in [5, 5.41) is 9.20. The Kier molecular flexibility index (Phi) is 7.68. The first-order valence-corrected chi connectivity index (χ1v) is 15.1. The molecule has 1 heterocycles. The van der Waals surface area contributed by atoms with Crippen molar-refractivity contribution in [1.29, 1.82) is 0 Å². The normalized spacial score (nSPS) is 17.7. The lowest BCUT2D eigenvalue weighted by molar-refractivity contribution is -0.113. The highest BCUT2D eigenvalue weighted by Gasteiger charge is 2.30. The number of para-hydroxylation sites is 1. The van der Waals surface area contributed by atoms with Gasteiger partial charge in [-0.3, -0.25) is 4.79 Å². The van der Waals surface area contributed by atoms with E-state index in [1.54, 1.807) is 18.3 Å². The summed E-state index contributed by atoms with van der Waals surface area (Å²) in [5.41, 5.74) is 7.98. The monoisotopic (exact) mass is 578 g/mol. The van der Waals surface area contributed by atoms with Crippen molar-refractivity contribution in [1.82, 2.24) is 0 Å². The molecule has 8 rings (SSSR count). The third-order valence-corrected chi connectivity index (χ3v) is 8.52. The topological polar surface area (TPSA) is 51.0 Å². The predicted octanol–water partition coefficient (Wildman–Crippen LogP) is 7.98. The minimum Gasteiger partial charge on any atom is -0.457 e. The number of rotatable bonds is 4. The number of halogens is 1. The first-order valence-electron chi connectivity index (χ1n) is 15.1. The van der Waals surface area contributed by atoms with Crippen molar-refractivity contribution >= 4 is 23.0 Å². The predicted molar refractivity (Wildman–Crippen MR) is 172 cm³/mol. The molecular formula is C39H31FN2O2. The molecule has 0 spiro atoms. The van der Waals surface area contributed by atoms with Gasteiger partial charge in [-0.05, 0) is 118 Å². The molecule has 0 N–H and O–H groups in total. The minimum atomic E-state index is -0.531. The highest BCUT2D eigenvalue weighted by Crippen LogP contribution is 2.38. The van der Waals surface area contributed by atoms with Crippen LogP contribution >= 0.6 is 0 Å². The van der Waals surface area contributed by atoms with E-state index in [1.807, 2.05) is 66.7 Å². The molecule has 1 unspecified atom stereocenters. The number of carbonyl (C=O) groups is 1. The number of fused-ring (bicyclic) bond motifs is 4. The number of Topliss-reactive ketones (excluding diaryl/α,β-unsaturated/α-hetero) is 1. The fraction of sp³-hybridized carbons (Fsp3) is 0.154. The smallest absolute Gasteiger partial charge is 0.168 e. The van der Waals surface area contributed by atoms with Crippen LogP contribution in [0.1, 0.15) is 47.4 Å². The zero-order chi connectivity index (χ0) is 29.9. The fourth-order valence-electron chi connectivity index (χ4n) is 6.53. The largest absolute Gasteiger partial charge is 0.457 e. The number of ketones is 1. The van der Waals surface area contributed by atoms with Crippen LogP contribution in [0.3, 0.4) is 0 Å². The van der Waals surface area contributed by atoms with Gasteiger partial charge in [0.2, 0.25) is 0 Å². The molecule has 1 aliphatic heterocycles. The Morgan fingerprint density at radius 2 is 1.66 bits per heavy atom. The van der Waals surface area contributed by atoms with E-state index in [1.165, 1.54) is 34.4 Å². The summed E-state index contributed by atoms with van der Waals surface area (Å²) >= 11 is 0. The third-order valence-electron chi connectivity index (χ3n) is 8.52. The molecule has 216 valence electrons. The van der Waals surface area contributed by atoms with Crippen LogP contribution < -0.4 is 15.2 Å². The van der Waals surface area contributed by atoms with Crippen LogP contribution in [0.25, 0.3) is 17.2 Å². The van der Waals surface area contributed by atoms with Crippen LogP contribution in [0.4, 0.5) is 4.39 Å². The van der Waals surface area contributed by atoms with Gasteiger partial charge in [0.05, 0.1) is 12.5 Å². The Morgan fingerprint density at radius 3 is 2.43 bits per heavy atom. The van der Waals surface area contributed by atoms with Gasteiger partial charge in [-0.25, -0.2) is 4.39 Å². The van der Waals surface area contributed by atoms with Crippen molar-refractivity contribution in [3.8, 4) is 11.5 Å². The second-order valence-corrected chi connectivity index (χ2v) is 11.2. The number of allylic oxidation sites excluding steroid dienone is 4. The molecule has 3 aliphatic carbocycles. The van der Waals surface area contributed by atoms with E-state index in [0.29, 0.717) is 5.75 Å². The van der Waals surface area contributed by atoms with Gasteiger partial charge >= 0.3 is 0 Å². The van der Waals surface area contributed by atoms with E-state index >= 15 is 0 Å². The maximum absolute atomic E-state index is 13.9. The van der Waals surface area contributed by atoms with E-state index in [9.17, 15) is 9.18 Å². The van der Waals surface area contributed by atoms with Crippen LogP contribution in [0, 0.1) is 5.82 Å². The zero-order valence-electron chi connectivity index (χ0n) is 24.2. The van der Waals surface area contributed by atoms with Crippen molar-refractivity contribution in [3.05, 3.63) is 160 Å². The number of benzene rings is 4. The Morgan fingerprint density at radius 1 is 0.818 bits per heavy atom. The first kappa shape index (κ1) is 27.7. The molecule has 4 aromatic carbocycles.